The summed E-state index contributed by atoms with van der Waals surface area (Å²) < 4.78 is 35.5. The number of carbonyl (C=O) groups is 1. The first-order valence-corrected chi connectivity index (χ1v) is 9.85. The molecule has 140 valence electrons. The van der Waals surface area contributed by atoms with Gasteiger partial charge in [0.2, 0.25) is 10.0 Å². The minimum atomic E-state index is -3.26. The van der Waals surface area contributed by atoms with Gasteiger partial charge in [0.1, 0.15) is 17.1 Å². The summed E-state index contributed by atoms with van der Waals surface area (Å²) in [6.45, 7) is 4.25. The predicted octanol–water partition coefficient (Wildman–Crippen LogP) is 1.15. The van der Waals surface area contributed by atoms with Crippen LogP contribution in [0.3, 0.4) is 0 Å². The molecular formula is C16H25N3O5S. The lowest BCUT2D eigenvalue weighted by molar-refractivity contribution is 0.0677. The Morgan fingerprint density at radius 2 is 2.08 bits per heavy atom. The molecule has 0 fully saturated rings. The first-order chi connectivity index (χ1) is 11.6. The molecule has 1 aromatic rings. The lowest BCUT2D eigenvalue weighted by atomic mass is 9.89. The van der Waals surface area contributed by atoms with Crippen LogP contribution in [-0.4, -0.2) is 46.5 Å². The maximum absolute atomic E-state index is 12.1. The van der Waals surface area contributed by atoms with E-state index in [-0.39, 0.29) is 25.2 Å². The van der Waals surface area contributed by atoms with Crippen molar-refractivity contribution in [1.82, 2.24) is 15.4 Å². The van der Waals surface area contributed by atoms with Crippen LogP contribution in [0.2, 0.25) is 0 Å². The number of urea groups is 1. The Bertz CT molecular complexity index is 733. The fourth-order valence-corrected chi connectivity index (χ4v) is 3.18. The SMILES string of the molecule is COc1ccc2c(c1)C(NC(=O)NCCNS(C)(=O)=O)CC(C)(C)O2. The Hall–Kier alpha value is -2.00. The van der Waals surface area contributed by atoms with E-state index in [9.17, 15) is 13.2 Å². The van der Waals surface area contributed by atoms with Gasteiger partial charge in [-0.15, -0.1) is 0 Å². The summed E-state index contributed by atoms with van der Waals surface area (Å²) in [5, 5.41) is 5.56. The van der Waals surface area contributed by atoms with Crippen LogP contribution >= 0.6 is 0 Å². The van der Waals surface area contributed by atoms with Crippen molar-refractivity contribution < 1.29 is 22.7 Å². The highest BCUT2D eigenvalue weighted by molar-refractivity contribution is 7.88. The number of amides is 2. The minimum Gasteiger partial charge on any atom is -0.497 e. The van der Waals surface area contributed by atoms with Gasteiger partial charge in [0.05, 0.1) is 19.4 Å². The first kappa shape index (κ1) is 19.3. The van der Waals surface area contributed by atoms with Gasteiger partial charge in [0, 0.05) is 25.1 Å². The molecule has 3 N–H and O–H groups in total. The van der Waals surface area contributed by atoms with Gasteiger partial charge in [-0.05, 0) is 32.0 Å². The van der Waals surface area contributed by atoms with Crippen molar-refractivity contribution in [1.29, 1.82) is 0 Å². The lowest BCUT2D eigenvalue weighted by Crippen LogP contribution is -2.45. The Labute approximate surface area is 148 Å². The minimum absolute atomic E-state index is 0.135. The fraction of sp³-hybridized carbons (Fsp3) is 0.562. The van der Waals surface area contributed by atoms with Gasteiger partial charge in [-0.3, -0.25) is 0 Å². The maximum atomic E-state index is 12.1. The number of hydrogen-bond acceptors (Lipinski definition) is 5. The molecule has 2 amide bonds. The highest BCUT2D eigenvalue weighted by Crippen LogP contribution is 2.41. The summed E-state index contributed by atoms with van der Waals surface area (Å²) in [5.74, 6) is 1.40. The molecule has 2 rings (SSSR count). The molecule has 0 spiro atoms. The second kappa shape index (κ2) is 7.49. The molecule has 25 heavy (non-hydrogen) atoms. The lowest BCUT2D eigenvalue weighted by Gasteiger charge is -2.38. The number of fused-ring (bicyclic) bond motifs is 1. The molecular weight excluding hydrogens is 346 g/mol. The van der Waals surface area contributed by atoms with Crippen LogP contribution in [-0.2, 0) is 10.0 Å². The monoisotopic (exact) mass is 371 g/mol. The number of nitrogens with one attached hydrogen (secondary N) is 3. The normalized spacial score (nSPS) is 18.6. The topological polar surface area (TPSA) is 106 Å². The zero-order valence-electron chi connectivity index (χ0n) is 14.9. The van der Waals surface area contributed by atoms with Gasteiger partial charge in [0.15, 0.2) is 0 Å². The molecule has 0 saturated carbocycles. The van der Waals surface area contributed by atoms with Crippen molar-refractivity contribution >= 4 is 16.1 Å². The van der Waals surface area contributed by atoms with Crippen LogP contribution in [0.15, 0.2) is 18.2 Å². The van der Waals surface area contributed by atoms with Gasteiger partial charge in [-0.25, -0.2) is 17.9 Å². The van der Waals surface area contributed by atoms with Gasteiger partial charge in [-0.2, -0.15) is 0 Å². The molecule has 1 atom stereocenters. The summed E-state index contributed by atoms with van der Waals surface area (Å²) in [4.78, 5) is 12.1. The van der Waals surface area contributed by atoms with Crippen molar-refractivity contribution in [2.45, 2.75) is 31.9 Å². The van der Waals surface area contributed by atoms with Crippen LogP contribution in [0.5, 0.6) is 11.5 Å². The van der Waals surface area contributed by atoms with Crippen LogP contribution in [0.25, 0.3) is 0 Å². The molecule has 1 heterocycles. The second-order valence-electron chi connectivity index (χ2n) is 6.59. The van der Waals surface area contributed by atoms with Crippen LogP contribution in [0.1, 0.15) is 31.9 Å². The molecule has 9 heteroatoms. The van der Waals surface area contributed by atoms with E-state index in [0.717, 1.165) is 11.8 Å². The third kappa shape index (κ3) is 5.79. The smallest absolute Gasteiger partial charge is 0.315 e. The maximum Gasteiger partial charge on any atom is 0.315 e. The van der Waals surface area contributed by atoms with Crippen LogP contribution in [0, 0.1) is 0 Å². The van der Waals surface area contributed by atoms with Crippen molar-refractivity contribution in [2.75, 3.05) is 26.5 Å². The zero-order valence-corrected chi connectivity index (χ0v) is 15.7. The van der Waals surface area contributed by atoms with E-state index in [1.807, 2.05) is 32.0 Å². The van der Waals surface area contributed by atoms with Gasteiger partial charge < -0.3 is 20.1 Å². The highest BCUT2D eigenvalue weighted by atomic mass is 32.2. The number of sulfonamides is 1. The van der Waals surface area contributed by atoms with Crippen LogP contribution < -0.4 is 24.8 Å². The largest absolute Gasteiger partial charge is 0.497 e. The first-order valence-electron chi connectivity index (χ1n) is 7.95. The molecule has 1 aliphatic rings. The number of hydrogen-bond donors (Lipinski definition) is 3. The molecule has 0 saturated heterocycles. The molecule has 0 bridgehead atoms. The number of benzene rings is 1. The molecule has 0 aliphatic carbocycles. The van der Waals surface area contributed by atoms with Crippen molar-refractivity contribution in [3.8, 4) is 11.5 Å². The van der Waals surface area contributed by atoms with E-state index in [1.54, 1.807) is 7.11 Å². The molecule has 1 aromatic carbocycles. The van der Waals surface area contributed by atoms with Crippen LogP contribution in [0.4, 0.5) is 4.79 Å². The van der Waals surface area contributed by atoms with E-state index in [4.69, 9.17) is 9.47 Å². The molecule has 0 aromatic heterocycles. The van der Waals surface area contributed by atoms with Crippen molar-refractivity contribution in [3.05, 3.63) is 23.8 Å². The van der Waals surface area contributed by atoms with E-state index in [0.29, 0.717) is 17.9 Å². The molecule has 1 aliphatic heterocycles. The van der Waals surface area contributed by atoms with Crippen molar-refractivity contribution in [3.63, 3.8) is 0 Å². The van der Waals surface area contributed by atoms with Gasteiger partial charge in [-0.1, -0.05) is 0 Å². The number of rotatable bonds is 6. The van der Waals surface area contributed by atoms with E-state index >= 15 is 0 Å². The third-order valence-corrected chi connectivity index (χ3v) is 4.48. The summed E-state index contributed by atoms with van der Waals surface area (Å²) in [6.07, 6.45) is 1.67. The van der Waals surface area contributed by atoms with E-state index in [1.165, 1.54) is 0 Å². The summed E-state index contributed by atoms with van der Waals surface area (Å²) in [5.41, 5.74) is 0.431. The molecule has 1 unspecified atom stereocenters. The summed E-state index contributed by atoms with van der Waals surface area (Å²) in [7, 11) is -1.68. The van der Waals surface area contributed by atoms with E-state index < -0.39 is 15.6 Å². The Kier molecular flexibility index (Phi) is 5.79. The zero-order chi connectivity index (χ0) is 18.7. The number of methoxy groups -OCH3 is 1. The Balaban J connectivity index is 2.02. The number of ether oxygens (including phenoxy) is 2. The quantitative estimate of drug-likeness (QED) is 0.651. The number of carbonyl (C=O) groups excluding carboxylic acids is 1. The average Bonchev–Trinajstić information content (AvgIpc) is 2.49. The molecule has 8 nitrogen and oxygen atoms in total. The van der Waals surface area contributed by atoms with Gasteiger partial charge >= 0.3 is 6.03 Å². The highest BCUT2D eigenvalue weighted by Gasteiger charge is 2.34. The Morgan fingerprint density at radius 3 is 2.72 bits per heavy atom. The van der Waals surface area contributed by atoms with E-state index in [2.05, 4.69) is 15.4 Å². The fourth-order valence-electron chi connectivity index (χ4n) is 2.71. The average molecular weight is 371 g/mol. The predicted molar refractivity (Wildman–Crippen MR) is 94.4 cm³/mol. The Morgan fingerprint density at radius 1 is 1.36 bits per heavy atom. The van der Waals surface area contributed by atoms with Crippen molar-refractivity contribution in [2.24, 2.45) is 0 Å². The molecule has 0 radical (unpaired) electrons. The summed E-state index contributed by atoms with van der Waals surface area (Å²) in [6, 6.07) is 4.88. The third-order valence-electron chi connectivity index (χ3n) is 3.75. The standard InChI is InChI=1S/C16H25N3O5S/c1-16(2)10-13(12-9-11(23-3)5-6-14(12)24-16)19-15(20)17-7-8-18-25(4,21)22/h5-6,9,13,18H,7-8,10H2,1-4H3,(H2,17,19,20). The van der Waals surface area contributed by atoms with Gasteiger partial charge in [0.25, 0.3) is 0 Å². The second-order valence-corrected chi connectivity index (χ2v) is 8.42. The summed E-state index contributed by atoms with van der Waals surface area (Å²) >= 11 is 0.